The second-order valence-corrected chi connectivity index (χ2v) is 4.42. The van der Waals surface area contributed by atoms with E-state index in [0.717, 1.165) is 30.8 Å². The summed E-state index contributed by atoms with van der Waals surface area (Å²) in [6.45, 7) is 5.54. The van der Waals surface area contributed by atoms with Crippen LogP contribution in [-0.4, -0.2) is 37.0 Å². The third-order valence-electron chi connectivity index (χ3n) is 3.02. The van der Waals surface area contributed by atoms with Crippen molar-refractivity contribution in [3.8, 4) is 5.75 Å². The molecule has 18 heavy (non-hydrogen) atoms. The molecule has 0 atom stereocenters. The highest BCUT2D eigenvalue weighted by molar-refractivity contribution is 5.78. The minimum absolute atomic E-state index is 0.182. The summed E-state index contributed by atoms with van der Waals surface area (Å²) in [6.07, 6.45) is 1.02. The van der Waals surface area contributed by atoms with E-state index >= 15 is 0 Å². The van der Waals surface area contributed by atoms with Gasteiger partial charge in [-0.05, 0) is 37.6 Å². The van der Waals surface area contributed by atoms with Crippen molar-refractivity contribution in [2.75, 3.05) is 26.2 Å². The van der Waals surface area contributed by atoms with Gasteiger partial charge in [-0.1, -0.05) is 12.1 Å². The highest BCUT2D eigenvalue weighted by Crippen LogP contribution is 2.14. The van der Waals surface area contributed by atoms with E-state index in [2.05, 4.69) is 5.32 Å². The molecule has 2 rings (SSSR count). The first kappa shape index (κ1) is 12.9. The molecule has 1 amide bonds. The number of nitrogens with zero attached hydrogens (tertiary/aromatic N) is 1. The maximum atomic E-state index is 11.8. The molecule has 98 valence electrons. The summed E-state index contributed by atoms with van der Waals surface area (Å²) in [5, 5.41) is 3.13. The van der Waals surface area contributed by atoms with Gasteiger partial charge in [-0.25, -0.2) is 0 Å². The molecular weight excluding hydrogens is 228 g/mol. The Balaban J connectivity index is 1.97. The first-order valence-electron chi connectivity index (χ1n) is 6.50. The molecule has 1 saturated heterocycles. The van der Waals surface area contributed by atoms with Crippen LogP contribution in [0.4, 0.5) is 0 Å². The Morgan fingerprint density at radius 2 is 2.11 bits per heavy atom. The van der Waals surface area contributed by atoms with Crippen LogP contribution in [0.15, 0.2) is 24.3 Å². The van der Waals surface area contributed by atoms with Gasteiger partial charge in [-0.3, -0.25) is 4.79 Å². The number of hydrogen-bond acceptors (Lipinski definition) is 3. The van der Waals surface area contributed by atoms with Gasteiger partial charge in [0.2, 0.25) is 5.91 Å². The van der Waals surface area contributed by atoms with Crippen LogP contribution in [0.2, 0.25) is 0 Å². The van der Waals surface area contributed by atoms with Crippen LogP contribution in [-0.2, 0) is 11.3 Å². The molecule has 1 fully saturated rings. The van der Waals surface area contributed by atoms with Crippen LogP contribution < -0.4 is 10.1 Å². The summed E-state index contributed by atoms with van der Waals surface area (Å²) in [4.78, 5) is 13.7. The van der Waals surface area contributed by atoms with Gasteiger partial charge >= 0.3 is 0 Å². The molecule has 0 aromatic heterocycles. The fraction of sp³-hybridized carbons (Fsp3) is 0.500. The maximum absolute atomic E-state index is 11.8. The van der Waals surface area contributed by atoms with Crippen molar-refractivity contribution in [3.63, 3.8) is 0 Å². The quantitative estimate of drug-likeness (QED) is 0.876. The summed E-state index contributed by atoms with van der Waals surface area (Å²) in [6, 6.07) is 7.96. The van der Waals surface area contributed by atoms with E-state index < -0.39 is 0 Å². The molecule has 4 heteroatoms. The van der Waals surface area contributed by atoms with E-state index in [-0.39, 0.29) is 5.91 Å². The van der Waals surface area contributed by atoms with E-state index in [1.165, 1.54) is 0 Å². The highest BCUT2D eigenvalue weighted by Gasteiger charge is 2.16. The molecule has 0 saturated carbocycles. The molecule has 1 aliphatic rings. The Morgan fingerprint density at radius 1 is 1.33 bits per heavy atom. The predicted octanol–water partition coefficient (Wildman–Crippen LogP) is 1.41. The maximum Gasteiger partial charge on any atom is 0.236 e. The average molecular weight is 248 g/mol. The lowest BCUT2D eigenvalue weighted by atomic mass is 10.2. The van der Waals surface area contributed by atoms with Gasteiger partial charge in [0.25, 0.3) is 0 Å². The molecule has 1 N–H and O–H groups in total. The Bertz CT molecular complexity index is 389. The van der Waals surface area contributed by atoms with Gasteiger partial charge < -0.3 is 15.0 Å². The average Bonchev–Trinajstić information content (AvgIpc) is 2.58. The van der Waals surface area contributed by atoms with E-state index in [1.807, 2.05) is 36.1 Å². The summed E-state index contributed by atoms with van der Waals surface area (Å²) in [5.41, 5.74) is 1.15. The molecule has 1 aromatic rings. The van der Waals surface area contributed by atoms with Gasteiger partial charge in [0.1, 0.15) is 5.75 Å². The van der Waals surface area contributed by atoms with Gasteiger partial charge in [0.15, 0.2) is 0 Å². The van der Waals surface area contributed by atoms with E-state index in [0.29, 0.717) is 19.7 Å². The van der Waals surface area contributed by atoms with Crippen molar-refractivity contribution in [1.29, 1.82) is 0 Å². The minimum Gasteiger partial charge on any atom is -0.494 e. The summed E-state index contributed by atoms with van der Waals surface area (Å²) >= 11 is 0. The summed E-state index contributed by atoms with van der Waals surface area (Å²) in [7, 11) is 0. The van der Waals surface area contributed by atoms with Crippen molar-refractivity contribution in [2.24, 2.45) is 0 Å². The fourth-order valence-electron chi connectivity index (χ4n) is 2.07. The fourth-order valence-corrected chi connectivity index (χ4v) is 2.07. The molecule has 0 aliphatic carbocycles. The third-order valence-corrected chi connectivity index (χ3v) is 3.02. The van der Waals surface area contributed by atoms with Crippen LogP contribution in [0.5, 0.6) is 5.75 Å². The van der Waals surface area contributed by atoms with Crippen LogP contribution in [0.1, 0.15) is 18.9 Å². The second kappa shape index (κ2) is 6.40. The lowest BCUT2D eigenvalue weighted by Gasteiger charge is -2.20. The van der Waals surface area contributed by atoms with Crippen LogP contribution in [0.3, 0.4) is 0 Å². The Kier molecular flexibility index (Phi) is 4.59. The molecule has 1 aliphatic heterocycles. The van der Waals surface area contributed by atoms with Crippen LogP contribution in [0, 0.1) is 0 Å². The third kappa shape index (κ3) is 3.47. The van der Waals surface area contributed by atoms with E-state index in [9.17, 15) is 4.79 Å². The number of nitrogens with one attached hydrogen (secondary N) is 1. The smallest absolute Gasteiger partial charge is 0.236 e. The van der Waals surface area contributed by atoms with Gasteiger partial charge in [-0.2, -0.15) is 0 Å². The molecule has 0 radical (unpaired) electrons. The topological polar surface area (TPSA) is 41.6 Å². The normalized spacial score (nSPS) is 16.5. The zero-order valence-corrected chi connectivity index (χ0v) is 10.8. The Labute approximate surface area is 108 Å². The lowest BCUT2D eigenvalue weighted by Crippen LogP contribution is -2.34. The number of carbonyl (C=O) groups excluding carboxylic acids is 1. The molecule has 0 unspecified atom stereocenters. The molecular formula is C14H20N2O2. The Morgan fingerprint density at radius 3 is 2.83 bits per heavy atom. The minimum atomic E-state index is 0.182. The van der Waals surface area contributed by atoms with Crippen LogP contribution >= 0.6 is 0 Å². The first-order chi connectivity index (χ1) is 8.79. The van der Waals surface area contributed by atoms with E-state index in [1.54, 1.807) is 0 Å². The number of ether oxygens (including phenoxy) is 1. The molecule has 0 spiro atoms. The largest absolute Gasteiger partial charge is 0.494 e. The summed E-state index contributed by atoms with van der Waals surface area (Å²) in [5.74, 6) is 1.06. The second-order valence-electron chi connectivity index (χ2n) is 4.42. The van der Waals surface area contributed by atoms with Crippen molar-refractivity contribution in [2.45, 2.75) is 19.9 Å². The van der Waals surface area contributed by atoms with Crippen molar-refractivity contribution in [1.82, 2.24) is 10.2 Å². The number of rotatable bonds is 4. The van der Waals surface area contributed by atoms with Crippen molar-refractivity contribution < 1.29 is 9.53 Å². The van der Waals surface area contributed by atoms with E-state index in [4.69, 9.17) is 4.74 Å². The number of hydrogen-bond donors (Lipinski definition) is 1. The number of carbonyl (C=O) groups is 1. The number of benzene rings is 1. The summed E-state index contributed by atoms with van der Waals surface area (Å²) < 4.78 is 5.40. The molecule has 1 heterocycles. The zero-order valence-electron chi connectivity index (χ0n) is 10.8. The monoisotopic (exact) mass is 248 g/mol. The van der Waals surface area contributed by atoms with Crippen molar-refractivity contribution in [3.05, 3.63) is 29.8 Å². The molecule has 4 nitrogen and oxygen atoms in total. The highest BCUT2D eigenvalue weighted by atomic mass is 16.5. The molecule has 1 aromatic carbocycles. The standard InChI is InChI=1S/C14H20N2O2/c1-2-18-13-6-4-12(5-7-13)11-16-9-3-8-15-10-14(16)17/h4-7,15H,2-3,8-11H2,1H3. The Hall–Kier alpha value is -1.55. The van der Waals surface area contributed by atoms with Gasteiger partial charge in [-0.15, -0.1) is 0 Å². The lowest BCUT2D eigenvalue weighted by molar-refractivity contribution is -0.130. The van der Waals surface area contributed by atoms with Gasteiger partial charge in [0, 0.05) is 13.1 Å². The zero-order chi connectivity index (χ0) is 12.8. The SMILES string of the molecule is CCOc1ccc(CN2CCCNCC2=O)cc1. The molecule has 0 bridgehead atoms. The van der Waals surface area contributed by atoms with Crippen LogP contribution in [0.25, 0.3) is 0 Å². The first-order valence-corrected chi connectivity index (χ1v) is 6.50. The number of amides is 1. The van der Waals surface area contributed by atoms with Crippen molar-refractivity contribution >= 4 is 5.91 Å². The van der Waals surface area contributed by atoms with Gasteiger partial charge in [0.05, 0.1) is 13.2 Å². The predicted molar refractivity (Wildman–Crippen MR) is 70.5 cm³/mol.